The molecule has 0 atom stereocenters. The Morgan fingerprint density at radius 1 is 1.39 bits per heavy atom. The van der Waals surface area contributed by atoms with E-state index in [0.29, 0.717) is 0 Å². The lowest BCUT2D eigenvalue weighted by Crippen LogP contribution is -2.20. The molecule has 1 aromatic carbocycles. The molecule has 18 heavy (non-hydrogen) atoms. The van der Waals surface area contributed by atoms with Crippen LogP contribution in [-0.4, -0.2) is 23.9 Å². The molecule has 0 amide bonds. The summed E-state index contributed by atoms with van der Waals surface area (Å²) >= 11 is 3.53. The first kappa shape index (κ1) is 13.4. The van der Waals surface area contributed by atoms with Crippen LogP contribution >= 0.6 is 28.3 Å². The minimum atomic E-state index is 0. The van der Waals surface area contributed by atoms with Gasteiger partial charge in [0.1, 0.15) is 5.84 Å². The van der Waals surface area contributed by atoms with Gasteiger partial charge >= 0.3 is 0 Å². The molecule has 0 spiro atoms. The van der Waals surface area contributed by atoms with E-state index in [-0.39, 0.29) is 12.4 Å². The van der Waals surface area contributed by atoms with Crippen LogP contribution in [0.15, 0.2) is 27.7 Å². The van der Waals surface area contributed by atoms with Crippen LogP contribution in [-0.2, 0) is 6.42 Å². The predicted octanol–water partition coefficient (Wildman–Crippen LogP) is 3.20. The van der Waals surface area contributed by atoms with Crippen molar-refractivity contribution in [2.75, 3.05) is 13.1 Å². The van der Waals surface area contributed by atoms with Crippen molar-refractivity contribution in [1.82, 2.24) is 10.3 Å². The van der Waals surface area contributed by atoms with Crippen LogP contribution < -0.4 is 5.32 Å². The van der Waals surface area contributed by atoms with Crippen molar-refractivity contribution in [3.05, 3.63) is 33.9 Å². The van der Waals surface area contributed by atoms with Crippen molar-refractivity contribution < 1.29 is 0 Å². The molecule has 3 rings (SSSR count). The maximum Gasteiger partial charge on any atom is 0.101 e. The Morgan fingerprint density at radius 2 is 2.22 bits per heavy atom. The Kier molecular flexibility index (Phi) is 3.97. The van der Waals surface area contributed by atoms with E-state index >= 15 is 0 Å². The van der Waals surface area contributed by atoms with Gasteiger partial charge in [-0.25, -0.2) is 0 Å². The van der Waals surface area contributed by atoms with Gasteiger partial charge in [0, 0.05) is 34.0 Å². The number of amidine groups is 1. The molecular formula is C13H15BrClN3. The summed E-state index contributed by atoms with van der Waals surface area (Å²) in [7, 11) is 0. The fourth-order valence-electron chi connectivity index (χ4n) is 2.32. The van der Waals surface area contributed by atoms with Crippen molar-refractivity contribution in [1.29, 1.82) is 0 Å². The van der Waals surface area contributed by atoms with E-state index in [0.717, 1.165) is 29.8 Å². The quantitative estimate of drug-likeness (QED) is 0.873. The molecule has 0 aliphatic carbocycles. The molecule has 2 aromatic rings. The van der Waals surface area contributed by atoms with Gasteiger partial charge in [-0.3, -0.25) is 4.99 Å². The number of aromatic amines is 1. The van der Waals surface area contributed by atoms with Gasteiger partial charge in [-0.1, -0.05) is 15.9 Å². The standard InChI is InChI=1S/C13H14BrN3.ClH/c1-8-10(7-13-15-4-5-16-13)11-6-9(14)2-3-12(11)17-8;/h2-3,6,17H,4-5,7H2,1H3,(H,15,16);1H. The highest BCUT2D eigenvalue weighted by Gasteiger charge is 2.13. The average molecular weight is 329 g/mol. The summed E-state index contributed by atoms with van der Waals surface area (Å²) in [6, 6.07) is 6.34. The Bertz CT molecular complexity index is 604. The Morgan fingerprint density at radius 3 is 2.94 bits per heavy atom. The van der Waals surface area contributed by atoms with Gasteiger partial charge in [0.05, 0.1) is 6.54 Å². The van der Waals surface area contributed by atoms with Crippen molar-refractivity contribution in [3.8, 4) is 0 Å². The second-order valence-electron chi connectivity index (χ2n) is 4.35. The second kappa shape index (κ2) is 5.33. The van der Waals surface area contributed by atoms with Crippen molar-refractivity contribution in [3.63, 3.8) is 0 Å². The predicted molar refractivity (Wildman–Crippen MR) is 82.0 cm³/mol. The highest BCUT2D eigenvalue weighted by atomic mass is 79.9. The summed E-state index contributed by atoms with van der Waals surface area (Å²) < 4.78 is 1.12. The molecule has 0 fully saturated rings. The zero-order valence-electron chi connectivity index (χ0n) is 10.1. The number of nitrogens with zero attached hydrogens (tertiary/aromatic N) is 1. The largest absolute Gasteiger partial charge is 0.372 e. The van der Waals surface area contributed by atoms with E-state index in [2.05, 4.69) is 56.3 Å². The molecule has 3 nitrogen and oxygen atoms in total. The topological polar surface area (TPSA) is 40.2 Å². The molecule has 0 unspecified atom stereocenters. The lowest BCUT2D eigenvalue weighted by Gasteiger charge is -2.03. The van der Waals surface area contributed by atoms with Crippen LogP contribution in [0.3, 0.4) is 0 Å². The Labute approximate surface area is 121 Å². The fraction of sp³-hybridized carbons (Fsp3) is 0.308. The SMILES string of the molecule is Cc1[nH]c2ccc(Br)cc2c1CC1=NCCN1.Cl. The Balaban J connectivity index is 0.00000120. The number of aryl methyl sites for hydroxylation is 1. The lowest BCUT2D eigenvalue weighted by atomic mass is 10.1. The number of fused-ring (bicyclic) bond motifs is 1. The van der Waals surface area contributed by atoms with Crippen LogP contribution in [0.5, 0.6) is 0 Å². The molecule has 1 aliphatic rings. The third kappa shape index (κ3) is 2.40. The number of rotatable bonds is 2. The molecule has 0 bridgehead atoms. The zero-order valence-corrected chi connectivity index (χ0v) is 12.5. The van der Waals surface area contributed by atoms with Crippen LogP contribution in [0.4, 0.5) is 0 Å². The first-order valence-electron chi connectivity index (χ1n) is 5.78. The summed E-state index contributed by atoms with van der Waals surface area (Å²) in [4.78, 5) is 7.89. The lowest BCUT2D eigenvalue weighted by molar-refractivity contribution is 0.953. The highest BCUT2D eigenvalue weighted by molar-refractivity contribution is 9.10. The maximum atomic E-state index is 4.46. The van der Waals surface area contributed by atoms with Crippen molar-refractivity contribution in [2.45, 2.75) is 13.3 Å². The number of nitrogens with one attached hydrogen (secondary N) is 2. The van der Waals surface area contributed by atoms with E-state index in [4.69, 9.17) is 0 Å². The maximum absolute atomic E-state index is 4.46. The number of aliphatic imine (C=N–C) groups is 1. The highest BCUT2D eigenvalue weighted by Crippen LogP contribution is 2.26. The van der Waals surface area contributed by atoms with Gasteiger partial charge in [-0.2, -0.15) is 0 Å². The first-order chi connectivity index (χ1) is 8.24. The summed E-state index contributed by atoms with van der Waals surface area (Å²) in [6.45, 7) is 4.00. The molecule has 0 saturated heterocycles. The van der Waals surface area contributed by atoms with E-state index in [1.165, 1.54) is 22.2 Å². The van der Waals surface area contributed by atoms with E-state index < -0.39 is 0 Å². The molecule has 0 radical (unpaired) electrons. The number of halogens is 2. The number of hydrogen-bond acceptors (Lipinski definition) is 2. The van der Waals surface area contributed by atoms with Crippen LogP contribution in [0.2, 0.25) is 0 Å². The van der Waals surface area contributed by atoms with Crippen LogP contribution in [0, 0.1) is 6.92 Å². The normalized spacial score (nSPS) is 14.2. The molecular weight excluding hydrogens is 314 g/mol. The molecule has 5 heteroatoms. The second-order valence-corrected chi connectivity index (χ2v) is 5.27. The van der Waals surface area contributed by atoms with Crippen LogP contribution in [0.1, 0.15) is 11.3 Å². The Hall–Kier alpha value is -1.00. The van der Waals surface area contributed by atoms with Gasteiger partial charge in [0.2, 0.25) is 0 Å². The van der Waals surface area contributed by atoms with Crippen molar-refractivity contribution >= 4 is 45.1 Å². The number of H-pyrrole nitrogens is 1. The van der Waals surface area contributed by atoms with Gasteiger partial charge < -0.3 is 10.3 Å². The van der Waals surface area contributed by atoms with Gasteiger partial charge in [0.25, 0.3) is 0 Å². The third-order valence-corrected chi connectivity index (χ3v) is 3.66. The minimum Gasteiger partial charge on any atom is -0.372 e. The molecule has 0 saturated carbocycles. The number of benzene rings is 1. The monoisotopic (exact) mass is 327 g/mol. The van der Waals surface area contributed by atoms with Gasteiger partial charge in [0.15, 0.2) is 0 Å². The van der Waals surface area contributed by atoms with E-state index in [1.54, 1.807) is 0 Å². The summed E-state index contributed by atoms with van der Waals surface area (Å²) in [5.41, 5.74) is 3.77. The third-order valence-electron chi connectivity index (χ3n) is 3.17. The van der Waals surface area contributed by atoms with Gasteiger partial charge in [-0.05, 0) is 30.7 Å². The number of aromatic nitrogens is 1. The molecule has 96 valence electrons. The smallest absolute Gasteiger partial charge is 0.101 e. The minimum absolute atomic E-state index is 0. The fourth-order valence-corrected chi connectivity index (χ4v) is 2.68. The number of hydrogen-bond donors (Lipinski definition) is 2. The van der Waals surface area contributed by atoms with Crippen LogP contribution in [0.25, 0.3) is 10.9 Å². The zero-order chi connectivity index (χ0) is 11.8. The molecule has 2 N–H and O–H groups in total. The van der Waals surface area contributed by atoms with E-state index in [9.17, 15) is 0 Å². The molecule has 2 heterocycles. The summed E-state index contributed by atoms with van der Waals surface area (Å²) in [5.74, 6) is 1.11. The molecule has 1 aromatic heterocycles. The van der Waals surface area contributed by atoms with E-state index in [1.807, 2.05) is 0 Å². The molecule has 1 aliphatic heterocycles. The summed E-state index contributed by atoms with van der Waals surface area (Å²) in [5, 5.41) is 4.61. The average Bonchev–Trinajstić information content (AvgIpc) is 2.90. The van der Waals surface area contributed by atoms with Crippen molar-refractivity contribution in [2.24, 2.45) is 4.99 Å². The van der Waals surface area contributed by atoms with Gasteiger partial charge in [-0.15, -0.1) is 12.4 Å². The first-order valence-corrected chi connectivity index (χ1v) is 6.57. The summed E-state index contributed by atoms with van der Waals surface area (Å²) in [6.07, 6.45) is 0.891.